The van der Waals surface area contributed by atoms with E-state index in [1.807, 2.05) is 50.8 Å². The van der Waals surface area contributed by atoms with Crippen LogP contribution < -0.4 is 5.32 Å². The van der Waals surface area contributed by atoms with Crippen LogP contribution in [0.5, 0.6) is 0 Å². The van der Waals surface area contributed by atoms with Gasteiger partial charge in [-0.2, -0.15) is 0 Å². The van der Waals surface area contributed by atoms with Crippen molar-refractivity contribution in [2.24, 2.45) is 0 Å². The summed E-state index contributed by atoms with van der Waals surface area (Å²) in [4.78, 5) is 14.5. The van der Waals surface area contributed by atoms with Crippen molar-refractivity contribution in [2.45, 2.75) is 27.7 Å². The zero-order chi connectivity index (χ0) is 15.0. The Morgan fingerprint density at radius 2 is 2.05 bits per heavy atom. The number of hydrogen-bond acceptors (Lipinski definition) is 3. The van der Waals surface area contributed by atoms with Crippen LogP contribution >= 0.6 is 0 Å². The topological polar surface area (TPSA) is 41.6 Å². The predicted molar refractivity (Wildman–Crippen MR) is 83.4 cm³/mol. The van der Waals surface area contributed by atoms with E-state index in [1.54, 1.807) is 0 Å². The lowest BCUT2D eigenvalue weighted by Crippen LogP contribution is -2.34. The summed E-state index contributed by atoms with van der Waals surface area (Å²) in [6, 6.07) is 5.94. The highest BCUT2D eigenvalue weighted by Gasteiger charge is 2.17. The van der Waals surface area contributed by atoms with Crippen LogP contribution in [-0.4, -0.2) is 43.7 Å². The molecule has 0 heterocycles. The van der Waals surface area contributed by atoms with Crippen molar-refractivity contribution in [3.8, 4) is 0 Å². The predicted octanol–water partition coefficient (Wildman–Crippen LogP) is 2.93. The highest BCUT2D eigenvalue weighted by atomic mass is 16.5. The smallest absolute Gasteiger partial charge is 0.256 e. The Morgan fingerprint density at radius 1 is 1.30 bits per heavy atom. The molecule has 0 aliphatic carbocycles. The van der Waals surface area contributed by atoms with E-state index in [0.29, 0.717) is 26.3 Å². The SMILES string of the molecule is CCNc1ccc(C)cc1C(=O)N(CC)CCOCC. The largest absolute Gasteiger partial charge is 0.385 e. The van der Waals surface area contributed by atoms with E-state index in [1.165, 1.54) is 0 Å². The van der Waals surface area contributed by atoms with Crippen LogP contribution in [-0.2, 0) is 4.74 Å². The Bertz CT molecular complexity index is 432. The molecule has 0 atom stereocenters. The summed E-state index contributed by atoms with van der Waals surface area (Å²) in [6.45, 7) is 11.4. The second kappa shape index (κ2) is 8.59. The van der Waals surface area contributed by atoms with E-state index < -0.39 is 0 Å². The van der Waals surface area contributed by atoms with Crippen molar-refractivity contribution >= 4 is 11.6 Å². The van der Waals surface area contributed by atoms with Gasteiger partial charge in [0, 0.05) is 31.9 Å². The first-order valence-corrected chi connectivity index (χ1v) is 7.35. The minimum atomic E-state index is 0.0619. The Balaban J connectivity index is 2.89. The van der Waals surface area contributed by atoms with Gasteiger partial charge in [-0.25, -0.2) is 0 Å². The standard InChI is InChI=1S/C16H26N2O2/c1-5-17-15-9-8-13(4)12-14(15)16(19)18(6-2)10-11-20-7-3/h8-9,12,17H,5-7,10-11H2,1-4H3. The summed E-state index contributed by atoms with van der Waals surface area (Å²) in [5.74, 6) is 0.0619. The molecule has 0 spiro atoms. The summed E-state index contributed by atoms with van der Waals surface area (Å²) in [5, 5.41) is 3.25. The van der Waals surface area contributed by atoms with Gasteiger partial charge in [-0.15, -0.1) is 0 Å². The first kappa shape index (κ1) is 16.5. The normalized spacial score (nSPS) is 10.4. The number of hydrogen-bond donors (Lipinski definition) is 1. The minimum absolute atomic E-state index is 0.0619. The number of amides is 1. The molecule has 0 bridgehead atoms. The molecule has 0 unspecified atom stereocenters. The molecule has 1 rings (SSSR count). The minimum Gasteiger partial charge on any atom is -0.385 e. The maximum Gasteiger partial charge on any atom is 0.256 e. The highest BCUT2D eigenvalue weighted by molar-refractivity contribution is 5.99. The number of aryl methyl sites for hydroxylation is 1. The van der Waals surface area contributed by atoms with E-state index in [4.69, 9.17) is 4.74 Å². The van der Waals surface area contributed by atoms with Crippen LogP contribution in [0.3, 0.4) is 0 Å². The van der Waals surface area contributed by atoms with Gasteiger partial charge in [-0.05, 0) is 39.8 Å². The second-order valence-electron chi connectivity index (χ2n) is 4.66. The fourth-order valence-electron chi connectivity index (χ4n) is 2.07. The molecule has 0 fully saturated rings. The number of carbonyl (C=O) groups is 1. The van der Waals surface area contributed by atoms with Gasteiger partial charge in [0.15, 0.2) is 0 Å². The summed E-state index contributed by atoms with van der Waals surface area (Å²) in [7, 11) is 0. The third kappa shape index (κ3) is 4.53. The first-order chi connectivity index (χ1) is 9.63. The molecule has 0 aliphatic heterocycles. The van der Waals surface area contributed by atoms with E-state index in [-0.39, 0.29) is 5.91 Å². The molecule has 1 amide bonds. The van der Waals surface area contributed by atoms with Gasteiger partial charge in [0.2, 0.25) is 0 Å². The zero-order valence-electron chi connectivity index (χ0n) is 13.0. The lowest BCUT2D eigenvalue weighted by molar-refractivity contribution is 0.0670. The number of likely N-dealkylation sites (N-methyl/N-ethyl adjacent to an activating group) is 1. The Kier molecular flexibility index (Phi) is 7.09. The summed E-state index contributed by atoms with van der Waals surface area (Å²) in [6.07, 6.45) is 0. The van der Waals surface area contributed by atoms with Gasteiger partial charge >= 0.3 is 0 Å². The third-order valence-electron chi connectivity index (χ3n) is 3.15. The molecule has 112 valence electrons. The third-order valence-corrected chi connectivity index (χ3v) is 3.15. The maximum atomic E-state index is 12.6. The van der Waals surface area contributed by atoms with Crippen LogP contribution in [0.15, 0.2) is 18.2 Å². The quantitative estimate of drug-likeness (QED) is 0.743. The number of nitrogens with zero attached hydrogens (tertiary/aromatic N) is 1. The van der Waals surface area contributed by atoms with Crippen molar-refractivity contribution in [3.05, 3.63) is 29.3 Å². The molecule has 1 N–H and O–H groups in total. The van der Waals surface area contributed by atoms with Gasteiger partial charge in [0.05, 0.1) is 12.2 Å². The van der Waals surface area contributed by atoms with Crippen molar-refractivity contribution in [2.75, 3.05) is 38.2 Å². The van der Waals surface area contributed by atoms with Crippen molar-refractivity contribution in [3.63, 3.8) is 0 Å². The fraction of sp³-hybridized carbons (Fsp3) is 0.562. The number of ether oxygens (including phenoxy) is 1. The number of nitrogens with one attached hydrogen (secondary N) is 1. The van der Waals surface area contributed by atoms with E-state index in [0.717, 1.165) is 23.4 Å². The van der Waals surface area contributed by atoms with Crippen LogP contribution in [0.1, 0.15) is 36.7 Å². The van der Waals surface area contributed by atoms with E-state index >= 15 is 0 Å². The number of carbonyl (C=O) groups excluding carboxylic acids is 1. The lowest BCUT2D eigenvalue weighted by atomic mass is 10.1. The molecular weight excluding hydrogens is 252 g/mol. The van der Waals surface area contributed by atoms with Gasteiger partial charge < -0.3 is 15.0 Å². The van der Waals surface area contributed by atoms with Crippen LogP contribution in [0.25, 0.3) is 0 Å². The average Bonchev–Trinajstić information content (AvgIpc) is 2.45. The molecule has 1 aromatic carbocycles. The van der Waals surface area contributed by atoms with E-state index in [9.17, 15) is 4.79 Å². The number of benzene rings is 1. The molecule has 0 saturated carbocycles. The van der Waals surface area contributed by atoms with E-state index in [2.05, 4.69) is 5.32 Å². The summed E-state index contributed by atoms with van der Waals surface area (Å²) >= 11 is 0. The maximum absolute atomic E-state index is 12.6. The second-order valence-corrected chi connectivity index (χ2v) is 4.66. The fourth-order valence-corrected chi connectivity index (χ4v) is 2.07. The first-order valence-electron chi connectivity index (χ1n) is 7.35. The number of rotatable bonds is 8. The Labute approximate surface area is 122 Å². The summed E-state index contributed by atoms with van der Waals surface area (Å²) in [5.41, 5.74) is 2.74. The summed E-state index contributed by atoms with van der Waals surface area (Å²) < 4.78 is 5.34. The van der Waals surface area contributed by atoms with Crippen molar-refractivity contribution in [1.82, 2.24) is 4.90 Å². The van der Waals surface area contributed by atoms with Gasteiger partial charge in [0.1, 0.15) is 0 Å². The molecule has 4 heteroatoms. The van der Waals surface area contributed by atoms with Crippen molar-refractivity contribution < 1.29 is 9.53 Å². The van der Waals surface area contributed by atoms with Gasteiger partial charge in [0.25, 0.3) is 5.91 Å². The molecule has 20 heavy (non-hydrogen) atoms. The Hall–Kier alpha value is -1.55. The highest BCUT2D eigenvalue weighted by Crippen LogP contribution is 2.19. The molecule has 4 nitrogen and oxygen atoms in total. The van der Waals surface area contributed by atoms with Crippen LogP contribution in [0.4, 0.5) is 5.69 Å². The van der Waals surface area contributed by atoms with Crippen LogP contribution in [0.2, 0.25) is 0 Å². The molecule has 0 aromatic heterocycles. The lowest BCUT2D eigenvalue weighted by Gasteiger charge is -2.22. The molecule has 0 aliphatic rings. The molecular formula is C16H26N2O2. The molecule has 1 aromatic rings. The Morgan fingerprint density at radius 3 is 2.65 bits per heavy atom. The van der Waals surface area contributed by atoms with Crippen LogP contribution in [0, 0.1) is 6.92 Å². The average molecular weight is 278 g/mol. The molecule has 0 radical (unpaired) electrons. The van der Waals surface area contributed by atoms with Gasteiger partial charge in [-0.1, -0.05) is 11.6 Å². The van der Waals surface area contributed by atoms with Gasteiger partial charge in [-0.3, -0.25) is 4.79 Å². The molecule has 0 saturated heterocycles. The van der Waals surface area contributed by atoms with Crippen molar-refractivity contribution in [1.29, 1.82) is 0 Å². The zero-order valence-corrected chi connectivity index (χ0v) is 13.0. The number of anilines is 1. The monoisotopic (exact) mass is 278 g/mol.